The van der Waals surface area contributed by atoms with Gasteiger partial charge in [-0.25, -0.2) is 0 Å². The van der Waals surface area contributed by atoms with E-state index in [-0.39, 0.29) is 0 Å². The minimum absolute atomic E-state index is 0.381. The third-order valence-corrected chi connectivity index (χ3v) is 3.20. The number of hydrogen-bond donors (Lipinski definition) is 1. The van der Waals surface area contributed by atoms with Gasteiger partial charge in [-0.05, 0) is 17.7 Å². The average molecular weight is 247 g/mol. The van der Waals surface area contributed by atoms with Crippen molar-refractivity contribution in [2.45, 2.75) is 18.4 Å². The van der Waals surface area contributed by atoms with Gasteiger partial charge < -0.3 is 9.84 Å². The number of rotatable bonds is 2. The highest BCUT2D eigenvalue weighted by molar-refractivity contribution is 6.35. The molecule has 0 aliphatic carbocycles. The van der Waals surface area contributed by atoms with Gasteiger partial charge in [0.1, 0.15) is 0 Å². The summed E-state index contributed by atoms with van der Waals surface area (Å²) < 4.78 is 5.18. The number of halogens is 2. The lowest BCUT2D eigenvalue weighted by Crippen LogP contribution is -2.31. The number of ether oxygens (including phenoxy) is 1. The maximum absolute atomic E-state index is 10.1. The maximum Gasteiger partial charge on any atom is 0.0942 e. The molecule has 1 aromatic rings. The fourth-order valence-corrected chi connectivity index (χ4v) is 2.23. The largest absolute Gasteiger partial charge is 0.387 e. The van der Waals surface area contributed by atoms with E-state index in [0.29, 0.717) is 36.1 Å². The summed E-state index contributed by atoms with van der Waals surface area (Å²) in [5.74, 6) is 0. The zero-order chi connectivity index (χ0) is 10.9. The van der Waals surface area contributed by atoms with Gasteiger partial charge in [-0.15, -0.1) is 0 Å². The van der Waals surface area contributed by atoms with Crippen LogP contribution in [0.2, 0.25) is 10.0 Å². The van der Waals surface area contributed by atoms with Crippen molar-refractivity contribution in [1.82, 2.24) is 0 Å². The average Bonchev–Trinajstić information content (AvgIpc) is 2.58. The molecule has 4 heteroatoms. The first-order valence-corrected chi connectivity index (χ1v) is 5.59. The SMILES string of the molecule is OC1(Cc2ccc(Cl)cc2Cl)CCOC1. The first-order chi connectivity index (χ1) is 7.09. The summed E-state index contributed by atoms with van der Waals surface area (Å²) in [5.41, 5.74) is 0.145. The van der Waals surface area contributed by atoms with E-state index in [4.69, 9.17) is 27.9 Å². The van der Waals surface area contributed by atoms with Gasteiger partial charge in [-0.1, -0.05) is 29.3 Å². The summed E-state index contributed by atoms with van der Waals surface area (Å²) in [6.45, 7) is 0.994. The zero-order valence-corrected chi connectivity index (χ0v) is 9.68. The fourth-order valence-electron chi connectivity index (χ4n) is 1.76. The first kappa shape index (κ1) is 11.2. The Kier molecular flexibility index (Phi) is 3.21. The van der Waals surface area contributed by atoms with Gasteiger partial charge in [-0.3, -0.25) is 0 Å². The van der Waals surface area contributed by atoms with E-state index >= 15 is 0 Å². The molecule has 0 saturated carbocycles. The Morgan fingerprint density at radius 1 is 1.40 bits per heavy atom. The molecule has 82 valence electrons. The summed E-state index contributed by atoms with van der Waals surface area (Å²) in [6.07, 6.45) is 1.18. The van der Waals surface area contributed by atoms with Crippen LogP contribution in [0.4, 0.5) is 0 Å². The molecule has 15 heavy (non-hydrogen) atoms. The van der Waals surface area contributed by atoms with Crippen molar-refractivity contribution in [1.29, 1.82) is 0 Å². The minimum Gasteiger partial charge on any atom is -0.387 e. The second kappa shape index (κ2) is 4.30. The van der Waals surface area contributed by atoms with E-state index in [1.54, 1.807) is 12.1 Å². The number of hydrogen-bond acceptors (Lipinski definition) is 2. The van der Waals surface area contributed by atoms with Crippen LogP contribution in [0.1, 0.15) is 12.0 Å². The van der Waals surface area contributed by atoms with Gasteiger partial charge in [0.2, 0.25) is 0 Å². The second-order valence-electron chi connectivity index (χ2n) is 3.94. The Morgan fingerprint density at radius 3 is 2.80 bits per heavy atom. The monoisotopic (exact) mass is 246 g/mol. The first-order valence-electron chi connectivity index (χ1n) is 4.83. The van der Waals surface area contributed by atoms with Gasteiger partial charge in [-0.2, -0.15) is 0 Å². The summed E-state index contributed by atoms with van der Waals surface area (Å²) in [5, 5.41) is 11.3. The van der Waals surface area contributed by atoms with Crippen LogP contribution < -0.4 is 0 Å². The maximum atomic E-state index is 10.1. The molecule has 1 fully saturated rings. The Bertz CT molecular complexity index is 360. The summed E-state index contributed by atoms with van der Waals surface area (Å²) in [6, 6.07) is 5.32. The molecule has 0 bridgehead atoms. The molecule has 1 saturated heterocycles. The van der Waals surface area contributed by atoms with Crippen LogP contribution in [0, 0.1) is 0 Å². The zero-order valence-electron chi connectivity index (χ0n) is 8.17. The molecule has 0 radical (unpaired) electrons. The molecule has 0 amide bonds. The predicted octanol–water partition coefficient (Wildman–Crippen LogP) is 2.69. The molecule has 1 atom stereocenters. The van der Waals surface area contributed by atoms with Crippen LogP contribution in [0.3, 0.4) is 0 Å². The Hall–Kier alpha value is -0.280. The van der Waals surface area contributed by atoms with Crippen LogP contribution in [0.5, 0.6) is 0 Å². The molecule has 0 aromatic heterocycles. The van der Waals surface area contributed by atoms with E-state index in [1.807, 2.05) is 6.07 Å². The molecule has 1 aliphatic heterocycles. The highest BCUT2D eigenvalue weighted by Gasteiger charge is 2.32. The van der Waals surface area contributed by atoms with Crippen molar-refractivity contribution in [3.05, 3.63) is 33.8 Å². The van der Waals surface area contributed by atoms with E-state index in [0.717, 1.165) is 5.56 Å². The molecule has 1 aromatic carbocycles. The van der Waals surface area contributed by atoms with Crippen LogP contribution in [0.15, 0.2) is 18.2 Å². The summed E-state index contributed by atoms with van der Waals surface area (Å²) in [7, 11) is 0. The van der Waals surface area contributed by atoms with Crippen molar-refractivity contribution < 1.29 is 9.84 Å². The van der Waals surface area contributed by atoms with Crippen molar-refractivity contribution in [2.75, 3.05) is 13.2 Å². The molecule has 2 rings (SSSR count). The molecule has 1 N–H and O–H groups in total. The molecule has 2 nitrogen and oxygen atoms in total. The lowest BCUT2D eigenvalue weighted by Gasteiger charge is -2.20. The second-order valence-corrected chi connectivity index (χ2v) is 4.78. The third kappa shape index (κ3) is 2.64. The predicted molar refractivity (Wildman–Crippen MR) is 60.6 cm³/mol. The number of benzene rings is 1. The highest BCUT2D eigenvalue weighted by atomic mass is 35.5. The van der Waals surface area contributed by atoms with Crippen LogP contribution in [0.25, 0.3) is 0 Å². The van der Waals surface area contributed by atoms with Crippen molar-refractivity contribution >= 4 is 23.2 Å². The van der Waals surface area contributed by atoms with Crippen LogP contribution >= 0.6 is 23.2 Å². The van der Waals surface area contributed by atoms with E-state index in [2.05, 4.69) is 0 Å². The van der Waals surface area contributed by atoms with Crippen LogP contribution in [-0.4, -0.2) is 23.9 Å². The van der Waals surface area contributed by atoms with Gasteiger partial charge in [0.25, 0.3) is 0 Å². The van der Waals surface area contributed by atoms with Gasteiger partial charge >= 0.3 is 0 Å². The Morgan fingerprint density at radius 2 is 2.20 bits per heavy atom. The van der Waals surface area contributed by atoms with Gasteiger partial charge in [0.05, 0.1) is 12.2 Å². The third-order valence-electron chi connectivity index (χ3n) is 2.62. The molecule has 1 aliphatic rings. The lowest BCUT2D eigenvalue weighted by molar-refractivity contribution is 0.0271. The molecule has 1 heterocycles. The van der Waals surface area contributed by atoms with Crippen molar-refractivity contribution in [3.63, 3.8) is 0 Å². The summed E-state index contributed by atoms with van der Waals surface area (Å²) in [4.78, 5) is 0. The molecule has 0 spiro atoms. The van der Waals surface area contributed by atoms with E-state index in [1.165, 1.54) is 0 Å². The lowest BCUT2D eigenvalue weighted by atomic mass is 9.94. The molecule has 1 unspecified atom stereocenters. The Labute approximate surface area is 98.8 Å². The Balaban J connectivity index is 2.16. The smallest absolute Gasteiger partial charge is 0.0942 e. The molecular formula is C11H12Cl2O2. The number of aliphatic hydroxyl groups is 1. The topological polar surface area (TPSA) is 29.5 Å². The quantitative estimate of drug-likeness (QED) is 0.870. The summed E-state index contributed by atoms with van der Waals surface area (Å²) >= 11 is 11.8. The molecular weight excluding hydrogens is 235 g/mol. The normalized spacial score (nSPS) is 25.8. The van der Waals surface area contributed by atoms with Crippen LogP contribution in [-0.2, 0) is 11.2 Å². The van der Waals surface area contributed by atoms with Crippen molar-refractivity contribution in [2.24, 2.45) is 0 Å². The fraction of sp³-hybridized carbons (Fsp3) is 0.455. The van der Waals surface area contributed by atoms with E-state index < -0.39 is 5.60 Å². The highest BCUT2D eigenvalue weighted by Crippen LogP contribution is 2.28. The standard InChI is InChI=1S/C11H12Cl2O2/c12-9-2-1-8(10(13)5-9)6-11(14)3-4-15-7-11/h1-2,5,14H,3-4,6-7H2. The minimum atomic E-state index is -0.766. The van der Waals surface area contributed by atoms with Gasteiger partial charge in [0, 0.05) is 29.5 Å². The van der Waals surface area contributed by atoms with E-state index in [9.17, 15) is 5.11 Å². The van der Waals surface area contributed by atoms with Gasteiger partial charge in [0.15, 0.2) is 0 Å². The van der Waals surface area contributed by atoms with Crippen molar-refractivity contribution in [3.8, 4) is 0 Å².